The van der Waals surface area contributed by atoms with E-state index in [1.165, 1.54) is 16.1 Å². The quantitative estimate of drug-likeness (QED) is 0.931. The summed E-state index contributed by atoms with van der Waals surface area (Å²) < 4.78 is 0. The second-order valence-corrected chi connectivity index (χ2v) is 5.96. The lowest BCUT2D eigenvalue weighted by atomic mass is 10.1. The molecule has 19 heavy (non-hydrogen) atoms. The Labute approximate surface area is 118 Å². The van der Waals surface area contributed by atoms with Gasteiger partial charge in [0, 0.05) is 37.1 Å². The Hall–Kier alpha value is -1.23. The van der Waals surface area contributed by atoms with Crippen LogP contribution in [0.1, 0.15) is 10.6 Å². The molecule has 100 valence electrons. The van der Waals surface area contributed by atoms with Crippen molar-refractivity contribution in [1.82, 2.24) is 15.2 Å². The van der Waals surface area contributed by atoms with Crippen LogP contribution in [0.2, 0.25) is 0 Å². The van der Waals surface area contributed by atoms with Gasteiger partial charge in [0.2, 0.25) is 0 Å². The lowest BCUT2D eigenvalue weighted by Gasteiger charge is -2.26. The maximum absolute atomic E-state index is 4.76. The van der Waals surface area contributed by atoms with Gasteiger partial charge in [0.25, 0.3) is 0 Å². The summed E-state index contributed by atoms with van der Waals surface area (Å²) in [5, 5.41) is 6.77. The molecular weight excluding hydrogens is 254 g/mol. The van der Waals surface area contributed by atoms with Crippen LogP contribution in [0, 0.1) is 6.92 Å². The molecule has 1 aromatic carbocycles. The Kier molecular flexibility index (Phi) is 3.92. The maximum atomic E-state index is 4.76. The van der Waals surface area contributed by atoms with Crippen molar-refractivity contribution in [3.8, 4) is 11.3 Å². The number of nitrogens with zero attached hydrogens (tertiary/aromatic N) is 2. The number of hydrogen-bond donors (Lipinski definition) is 1. The second kappa shape index (κ2) is 5.82. The van der Waals surface area contributed by atoms with Gasteiger partial charge >= 0.3 is 0 Å². The first-order valence-electron chi connectivity index (χ1n) is 6.76. The van der Waals surface area contributed by atoms with Gasteiger partial charge in [0.05, 0.1) is 12.2 Å². The number of benzene rings is 1. The van der Waals surface area contributed by atoms with E-state index in [1.807, 2.05) is 0 Å². The van der Waals surface area contributed by atoms with Crippen LogP contribution in [-0.2, 0) is 6.54 Å². The van der Waals surface area contributed by atoms with Crippen LogP contribution in [0.5, 0.6) is 0 Å². The highest BCUT2D eigenvalue weighted by Gasteiger charge is 2.12. The highest BCUT2D eigenvalue weighted by Crippen LogP contribution is 2.23. The van der Waals surface area contributed by atoms with Gasteiger partial charge in [-0.05, 0) is 6.92 Å². The number of hydrogen-bond acceptors (Lipinski definition) is 4. The largest absolute Gasteiger partial charge is 0.314 e. The molecule has 3 rings (SSSR count). The topological polar surface area (TPSA) is 28.2 Å². The first kappa shape index (κ1) is 12.8. The Morgan fingerprint density at radius 2 is 1.95 bits per heavy atom. The number of rotatable bonds is 3. The summed E-state index contributed by atoms with van der Waals surface area (Å²) in [4.78, 5) is 7.23. The van der Waals surface area contributed by atoms with Crippen LogP contribution in [0.25, 0.3) is 11.3 Å². The first-order chi connectivity index (χ1) is 9.31. The number of thiazole rings is 1. The molecule has 4 heteroatoms. The molecule has 0 atom stereocenters. The van der Waals surface area contributed by atoms with Crippen LogP contribution < -0.4 is 5.32 Å². The van der Waals surface area contributed by atoms with Gasteiger partial charge in [0.1, 0.15) is 5.01 Å². The predicted molar refractivity (Wildman–Crippen MR) is 80.4 cm³/mol. The fraction of sp³-hybridized carbons (Fsp3) is 0.400. The zero-order chi connectivity index (χ0) is 13.1. The van der Waals surface area contributed by atoms with E-state index >= 15 is 0 Å². The van der Waals surface area contributed by atoms with Crippen molar-refractivity contribution in [1.29, 1.82) is 0 Å². The SMILES string of the molecule is Cc1ccc(-c2csc(CN3CCNCC3)n2)cc1. The molecule has 0 bridgehead atoms. The standard InChI is InChI=1S/C15H19N3S/c1-12-2-4-13(5-3-12)14-11-19-15(17-14)10-18-8-6-16-7-9-18/h2-5,11,16H,6-10H2,1H3. The van der Waals surface area contributed by atoms with Gasteiger partial charge < -0.3 is 5.32 Å². The van der Waals surface area contributed by atoms with E-state index < -0.39 is 0 Å². The molecule has 1 saturated heterocycles. The molecule has 0 saturated carbocycles. The lowest BCUT2D eigenvalue weighted by molar-refractivity contribution is 0.233. The highest BCUT2D eigenvalue weighted by molar-refractivity contribution is 7.09. The average molecular weight is 273 g/mol. The van der Waals surface area contributed by atoms with Crippen LogP contribution in [0.3, 0.4) is 0 Å². The molecule has 3 nitrogen and oxygen atoms in total. The zero-order valence-electron chi connectivity index (χ0n) is 11.2. The van der Waals surface area contributed by atoms with E-state index in [-0.39, 0.29) is 0 Å². The molecule has 0 aliphatic carbocycles. The fourth-order valence-corrected chi connectivity index (χ4v) is 3.15. The van der Waals surface area contributed by atoms with Gasteiger partial charge in [0.15, 0.2) is 0 Å². The third-order valence-electron chi connectivity index (χ3n) is 3.47. The Morgan fingerprint density at radius 3 is 2.68 bits per heavy atom. The highest BCUT2D eigenvalue weighted by atomic mass is 32.1. The van der Waals surface area contributed by atoms with E-state index in [1.54, 1.807) is 11.3 Å². The average Bonchev–Trinajstić information content (AvgIpc) is 2.89. The van der Waals surface area contributed by atoms with Gasteiger partial charge in [-0.15, -0.1) is 11.3 Å². The van der Waals surface area contributed by atoms with Gasteiger partial charge in [-0.2, -0.15) is 0 Å². The third-order valence-corrected chi connectivity index (χ3v) is 4.30. The molecule has 0 unspecified atom stereocenters. The maximum Gasteiger partial charge on any atom is 0.107 e. The van der Waals surface area contributed by atoms with E-state index in [9.17, 15) is 0 Å². The first-order valence-corrected chi connectivity index (χ1v) is 7.64. The van der Waals surface area contributed by atoms with Crippen molar-refractivity contribution in [2.45, 2.75) is 13.5 Å². The van der Waals surface area contributed by atoms with Crippen molar-refractivity contribution >= 4 is 11.3 Å². The summed E-state index contributed by atoms with van der Waals surface area (Å²) in [6.45, 7) is 7.53. The summed E-state index contributed by atoms with van der Waals surface area (Å²) >= 11 is 1.77. The van der Waals surface area contributed by atoms with Crippen molar-refractivity contribution in [2.24, 2.45) is 0 Å². The number of aromatic nitrogens is 1. The Morgan fingerprint density at radius 1 is 1.21 bits per heavy atom. The van der Waals surface area contributed by atoms with Crippen LogP contribution >= 0.6 is 11.3 Å². The number of piperazine rings is 1. The summed E-state index contributed by atoms with van der Waals surface area (Å²) in [5.41, 5.74) is 3.61. The summed E-state index contributed by atoms with van der Waals surface area (Å²) in [6, 6.07) is 8.59. The van der Waals surface area contributed by atoms with Crippen molar-refractivity contribution in [3.63, 3.8) is 0 Å². The Balaban J connectivity index is 1.70. The van der Waals surface area contributed by atoms with E-state index in [0.717, 1.165) is 38.4 Å². The minimum Gasteiger partial charge on any atom is -0.314 e. The molecule has 0 spiro atoms. The van der Waals surface area contributed by atoms with Crippen molar-refractivity contribution < 1.29 is 0 Å². The fourth-order valence-electron chi connectivity index (χ4n) is 2.30. The van der Waals surface area contributed by atoms with Gasteiger partial charge in [-0.1, -0.05) is 29.8 Å². The minimum atomic E-state index is 0.984. The Bertz CT molecular complexity index is 527. The monoisotopic (exact) mass is 273 g/mol. The summed E-state index contributed by atoms with van der Waals surface area (Å²) in [6.07, 6.45) is 0. The normalized spacial score (nSPS) is 16.7. The van der Waals surface area contributed by atoms with Gasteiger partial charge in [-0.3, -0.25) is 4.90 Å². The van der Waals surface area contributed by atoms with Crippen LogP contribution in [0.4, 0.5) is 0 Å². The summed E-state index contributed by atoms with van der Waals surface area (Å²) in [7, 11) is 0. The smallest absolute Gasteiger partial charge is 0.107 e. The van der Waals surface area contributed by atoms with E-state index in [2.05, 4.69) is 46.8 Å². The predicted octanol–water partition coefficient (Wildman–Crippen LogP) is 2.52. The molecule has 1 aliphatic heterocycles. The minimum absolute atomic E-state index is 0.984. The lowest BCUT2D eigenvalue weighted by Crippen LogP contribution is -2.42. The van der Waals surface area contributed by atoms with E-state index in [4.69, 9.17) is 4.98 Å². The number of nitrogens with one attached hydrogen (secondary N) is 1. The van der Waals surface area contributed by atoms with E-state index in [0.29, 0.717) is 0 Å². The van der Waals surface area contributed by atoms with Crippen LogP contribution in [0.15, 0.2) is 29.6 Å². The molecule has 1 aromatic heterocycles. The molecule has 0 radical (unpaired) electrons. The summed E-state index contributed by atoms with van der Waals surface area (Å²) in [5.74, 6) is 0. The zero-order valence-corrected chi connectivity index (χ0v) is 12.0. The molecular formula is C15H19N3S. The van der Waals surface area contributed by atoms with Gasteiger partial charge in [-0.25, -0.2) is 4.98 Å². The molecule has 2 aromatic rings. The molecule has 1 aliphatic rings. The van der Waals surface area contributed by atoms with Crippen LogP contribution in [-0.4, -0.2) is 36.1 Å². The number of aryl methyl sites for hydroxylation is 1. The third kappa shape index (κ3) is 3.21. The van der Waals surface area contributed by atoms with Crippen molar-refractivity contribution in [2.75, 3.05) is 26.2 Å². The molecule has 1 N–H and O–H groups in total. The molecule has 2 heterocycles. The van der Waals surface area contributed by atoms with Crippen molar-refractivity contribution in [3.05, 3.63) is 40.2 Å². The second-order valence-electron chi connectivity index (χ2n) is 5.02. The molecule has 0 amide bonds. The molecule has 1 fully saturated rings.